The molecule has 2 bridgehead atoms. The van der Waals surface area contributed by atoms with Crippen molar-refractivity contribution in [1.82, 2.24) is 35.4 Å². The van der Waals surface area contributed by atoms with E-state index in [1.54, 1.807) is 23.0 Å². The second-order valence-corrected chi connectivity index (χ2v) is 11.7. The first kappa shape index (κ1) is 30.7. The maximum absolute atomic E-state index is 14.2. The number of hydrogen-bond acceptors (Lipinski definition) is 8. The highest BCUT2D eigenvalue weighted by Gasteiger charge is 2.40. The zero-order valence-electron chi connectivity index (χ0n) is 25.6. The molecule has 6 rings (SSSR count). The van der Waals surface area contributed by atoms with Crippen LogP contribution < -0.4 is 20.3 Å². The van der Waals surface area contributed by atoms with Gasteiger partial charge < -0.3 is 25.2 Å². The molecule has 2 atom stereocenters. The monoisotopic (exact) mass is 628 g/mol. The number of aryl methyl sites for hydroxylation is 2. The zero-order valence-corrected chi connectivity index (χ0v) is 25.6. The summed E-state index contributed by atoms with van der Waals surface area (Å²) >= 11 is 0. The lowest BCUT2D eigenvalue weighted by Gasteiger charge is -2.42. The number of rotatable bonds is 4. The van der Waals surface area contributed by atoms with E-state index in [0.29, 0.717) is 30.1 Å². The van der Waals surface area contributed by atoms with Crippen molar-refractivity contribution in [3.8, 4) is 5.75 Å². The van der Waals surface area contributed by atoms with Crippen molar-refractivity contribution < 1.29 is 28.7 Å². The van der Waals surface area contributed by atoms with Crippen LogP contribution in [0, 0.1) is 6.92 Å². The lowest BCUT2D eigenvalue weighted by Crippen LogP contribution is -2.65. The largest absolute Gasteiger partial charge is 0.482 e. The Bertz CT molecular complexity index is 1640. The van der Waals surface area contributed by atoms with E-state index in [9.17, 15) is 24.0 Å². The number of benzene rings is 2. The smallest absolute Gasteiger partial charge is 0.265 e. The second-order valence-electron chi connectivity index (χ2n) is 11.7. The molecule has 5 amide bonds. The molecule has 14 nitrogen and oxygen atoms in total. The Labute approximate surface area is 265 Å². The molecule has 1 fully saturated rings. The number of anilines is 1. The van der Waals surface area contributed by atoms with E-state index in [-0.39, 0.29) is 69.9 Å². The molecule has 0 unspecified atom stereocenters. The highest BCUT2D eigenvalue weighted by atomic mass is 16.5. The summed E-state index contributed by atoms with van der Waals surface area (Å²) in [6.45, 7) is 2.11. The Hall–Kier alpha value is -5.27. The number of hydrogen-bond donors (Lipinski definition) is 2. The van der Waals surface area contributed by atoms with E-state index in [1.165, 1.54) is 14.7 Å². The van der Waals surface area contributed by atoms with Gasteiger partial charge in [-0.25, -0.2) is 0 Å². The summed E-state index contributed by atoms with van der Waals surface area (Å²) in [7, 11) is 0. The number of carbonyl (C=O) groups is 5. The number of fused-ring (bicyclic) bond motifs is 4. The van der Waals surface area contributed by atoms with Crippen LogP contribution in [-0.4, -0.2) is 99.2 Å². The van der Waals surface area contributed by atoms with Crippen molar-refractivity contribution in [3.63, 3.8) is 0 Å². The third-order valence-electron chi connectivity index (χ3n) is 8.41. The van der Waals surface area contributed by atoms with Crippen LogP contribution in [0.4, 0.5) is 5.69 Å². The SMILES string of the molecule is Cc1ccc2c(c1)N(CC(=O)N1CCN3C(=O)[C@H](Cc4ccccc4)NC(=O)CCCn4cc(nn4)CNC(=O)[C@H]3C1)C(=O)CO2. The summed E-state index contributed by atoms with van der Waals surface area (Å²) in [5.74, 6) is -1.36. The van der Waals surface area contributed by atoms with Gasteiger partial charge in [-0.1, -0.05) is 41.6 Å². The van der Waals surface area contributed by atoms with Gasteiger partial charge in [-0.15, -0.1) is 5.10 Å². The van der Waals surface area contributed by atoms with Gasteiger partial charge in [0.15, 0.2) is 6.61 Å². The first-order chi connectivity index (χ1) is 22.2. The van der Waals surface area contributed by atoms with E-state index < -0.39 is 23.9 Å². The number of carbonyl (C=O) groups excluding carboxylic acids is 5. The third-order valence-corrected chi connectivity index (χ3v) is 8.41. The van der Waals surface area contributed by atoms with Crippen LogP contribution in [0.15, 0.2) is 54.7 Å². The molecular weight excluding hydrogens is 592 g/mol. The molecule has 3 aromatic rings. The minimum absolute atomic E-state index is 0.0623. The average Bonchev–Trinajstić information content (AvgIpc) is 3.51. The molecule has 0 aliphatic carbocycles. The molecule has 1 saturated heterocycles. The normalized spacial score (nSPS) is 20.8. The minimum atomic E-state index is -1.05. The lowest BCUT2D eigenvalue weighted by molar-refractivity contribution is -0.150. The van der Waals surface area contributed by atoms with Gasteiger partial charge in [0, 0.05) is 32.5 Å². The molecule has 2 N–H and O–H groups in total. The average molecular weight is 629 g/mol. The molecule has 14 heteroatoms. The molecule has 0 spiro atoms. The molecule has 240 valence electrons. The molecular formula is C32H36N8O6. The van der Waals surface area contributed by atoms with Crippen molar-refractivity contribution in [2.75, 3.05) is 37.7 Å². The summed E-state index contributed by atoms with van der Waals surface area (Å²) in [5, 5.41) is 13.9. The van der Waals surface area contributed by atoms with Gasteiger partial charge in [0.1, 0.15) is 30.1 Å². The number of piperazine rings is 1. The van der Waals surface area contributed by atoms with Gasteiger partial charge in [0.25, 0.3) is 5.91 Å². The Morgan fingerprint density at radius 2 is 1.87 bits per heavy atom. The number of nitrogens with one attached hydrogen (secondary N) is 2. The van der Waals surface area contributed by atoms with E-state index in [2.05, 4.69) is 20.9 Å². The first-order valence-electron chi connectivity index (χ1n) is 15.4. The topological polar surface area (TPSA) is 159 Å². The quantitative estimate of drug-likeness (QED) is 0.414. The van der Waals surface area contributed by atoms with Gasteiger partial charge in [0.2, 0.25) is 23.6 Å². The first-order valence-corrected chi connectivity index (χ1v) is 15.4. The van der Waals surface area contributed by atoms with Crippen molar-refractivity contribution in [2.24, 2.45) is 0 Å². The molecule has 3 aliphatic rings. The number of aromatic nitrogens is 3. The van der Waals surface area contributed by atoms with Gasteiger partial charge in [-0.05, 0) is 36.6 Å². The Morgan fingerprint density at radius 1 is 1.04 bits per heavy atom. The number of ether oxygens (including phenoxy) is 1. The highest BCUT2D eigenvalue weighted by molar-refractivity contribution is 6.02. The maximum Gasteiger partial charge on any atom is 0.265 e. The molecule has 2 aromatic carbocycles. The van der Waals surface area contributed by atoms with Crippen LogP contribution in [0.3, 0.4) is 0 Å². The highest BCUT2D eigenvalue weighted by Crippen LogP contribution is 2.33. The molecule has 3 aliphatic heterocycles. The van der Waals surface area contributed by atoms with Crippen LogP contribution in [-0.2, 0) is 43.5 Å². The predicted octanol–water partition coefficient (Wildman–Crippen LogP) is 0.189. The van der Waals surface area contributed by atoms with E-state index in [4.69, 9.17) is 4.74 Å². The van der Waals surface area contributed by atoms with E-state index in [1.807, 2.05) is 43.3 Å². The molecule has 46 heavy (non-hydrogen) atoms. The number of nitrogens with zero attached hydrogens (tertiary/aromatic N) is 6. The molecule has 1 aromatic heterocycles. The standard InChI is InChI=1S/C32H36N8O6/c1-21-9-10-27-25(14-21)40(30(43)20-46-27)19-29(42)37-12-13-39-26(18-37)31(44)33-16-23-17-38(36-35-23)11-5-8-28(41)34-24(32(39)45)15-22-6-3-2-4-7-22/h2-4,6-7,9-10,14,17,24,26H,5,8,11-13,15-16,18-20H2,1H3,(H,33,44)(H,34,41)/t24-,26+/m0/s1. The second kappa shape index (κ2) is 13.4. The fourth-order valence-electron chi connectivity index (χ4n) is 5.96. The summed E-state index contributed by atoms with van der Waals surface area (Å²) in [6, 6.07) is 12.8. The number of amides is 5. The molecule has 0 saturated carbocycles. The van der Waals surface area contributed by atoms with Crippen molar-refractivity contribution in [2.45, 2.75) is 51.4 Å². The van der Waals surface area contributed by atoms with Crippen LogP contribution in [0.25, 0.3) is 0 Å². The van der Waals surface area contributed by atoms with Crippen molar-refractivity contribution >= 4 is 35.2 Å². The minimum Gasteiger partial charge on any atom is -0.482 e. The van der Waals surface area contributed by atoms with Crippen molar-refractivity contribution in [3.05, 3.63) is 71.5 Å². The van der Waals surface area contributed by atoms with Crippen molar-refractivity contribution in [1.29, 1.82) is 0 Å². The van der Waals surface area contributed by atoms with Gasteiger partial charge in [-0.3, -0.25) is 33.6 Å². The van der Waals surface area contributed by atoms with E-state index >= 15 is 0 Å². The van der Waals surface area contributed by atoms with Crippen LogP contribution in [0.5, 0.6) is 5.75 Å². The fourth-order valence-corrected chi connectivity index (χ4v) is 5.96. The summed E-state index contributed by atoms with van der Waals surface area (Å²) < 4.78 is 7.16. The Morgan fingerprint density at radius 3 is 2.70 bits per heavy atom. The molecule has 0 radical (unpaired) electrons. The Kier molecular flexibility index (Phi) is 8.94. The third kappa shape index (κ3) is 6.85. The van der Waals surface area contributed by atoms with E-state index in [0.717, 1.165) is 11.1 Å². The van der Waals surface area contributed by atoms with Crippen LogP contribution >= 0.6 is 0 Å². The molecule has 4 heterocycles. The predicted molar refractivity (Wildman–Crippen MR) is 164 cm³/mol. The van der Waals surface area contributed by atoms with Crippen LogP contribution in [0.1, 0.15) is 29.7 Å². The summed E-state index contributed by atoms with van der Waals surface area (Å²) in [4.78, 5) is 71.8. The summed E-state index contributed by atoms with van der Waals surface area (Å²) in [6.07, 6.45) is 2.61. The fraction of sp³-hybridized carbons (Fsp3) is 0.406. The zero-order chi connectivity index (χ0) is 32.2. The van der Waals surface area contributed by atoms with Gasteiger partial charge in [0.05, 0.1) is 25.0 Å². The van der Waals surface area contributed by atoms with Gasteiger partial charge >= 0.3 is 0 Å². The van der Waals surface area contributed by atoms with Crippen LogP contribution in [0.2, 0.25) is 0 Å². The maximum atomic E-state index is 14.2. The lowest BCUT2D eigenvalue weighted by atomic mass is 10.0. The van der Waals surface area contributed by atoms with Gasteiger partial charge in [-0.2, -0.15) is 0 Å². The Balaban J connectivity index is 1.25. The summed E-state index contributed by atoms with van der Waals surface area (Å²) in [5.41, 5.74) is 2.80.